The summed E-state index contributed by atoms with van der Waals surface area (Å²) in [5.74, 6) is 0. The van der Waals surface area contributed by atoms with Gasteiger partial charge in [-0.05, 0) is 43.4 Å². The first-order chi connectivity index (χ1) is 10.2. The van der Waals surface area contributed by atoms with Gasteiger partial charge in [-0.1, -0.05) is 28.1 Å². The second kappa shape index (κ2) is 7.23. The fourth-order valence-corrected chi connectivity index (χ4v) is 3.87. The number of hydrogen-bond acceptors (Lipinski definition) is 3. The van der Waals surface area contributed by atoms with E-state index in [0.29, 0.717) is 6.04 Å². The minimum absolute atomic E-state index is 0.0840. The monoisotopic (exact) mass is 352 g/mol. The molecular formula is C17H25BrN2O. The van der Waals surface area contributed by atoms with E-state index in [9.17, 15) is 5.11 Å². The van der Waals surface area contributed by atoms with E-state index in [4.69, 9.17) is 0 Å². The van der Waals surface area contributed by atoms with Crippen molar-refractivity contribution < 1.29 is 5.11 Å². The molecular weight excluding hydrogens is 328 g/mol. The summed E-state index contributed by atoms with van der Waals surface area (Å²) in [5, 5.41) is 10.0. The van der Waals surface area contributed by atoms with Gasteiger partial charge >= 0.3 is 0 Å². The molecule has 2 fully saturated rings. The Labute approximate surface area is 136 Å². The largest absolute Gasteiger partial charge is 0.391 e. The van der Waals surface area contributed by atoms with Crippen LogP contribution < -0.4 is 0 Å². The Kier molecular flexibility index (Phi) is 5.33. The van der Waals surface area contributed by atoms with Gasteiger partial charge in [-0.3, -0.25) is 4.90 Å². The topological polar surface area (TPSA) is 26.7 Å². The van der Waals surface area contributed by atoms with E-state index in [-0.39, 0.29) is 6.10 Å². The van der Waals surface area contributed by atoms with Gasteiger partial charge < -0.3 is 10.0 Å². The van der Waals surface area contributed by atoms with Crippen LogP contribution >= 0.6 is 15.9 Å². The highest BCUT2D eigenvalue weighted by Gasteiger charge is 2.32. The number of aliphatic hydroxyl groups excluding tert-OH is 1. The Morgan fingerprint density at radius 1 is 1.05 bits per heavy atom. The first-order valence-electron chi connectivity index (χ1n) is 8.11. The lowest BCUT2D eigenvalue weighted by molar-refractivity contribution is 0.0358. The Hall–Kier alpha value is -0.420. The molecule has 116 valence electrons. The van der Waals surface area contributed by atoms with Crippen LogP contribution in [0.5, 0.6) is 0 Å². The Morgan fingerprint density at radius 3 is 2.38 bits per heavy atom. The molecule has 0 radical (unpaired) electrons. The van der Waals surface area contributed by atoms with Crippen LogP contribution in [0.4, 0.5) is 0 Å². The molecule has 4 heteroatoms. The normalized spacial score (nSPS) is 28.1. The Morgan fingerprint density at radius 2 is 1.76 bits per heavy atom. The van der Waals surface area contributed by atoms with E-state index in [1.165, 1.54) is 18.4 Å². The maximum Gasteiger partial charge on any atom is 0.0695 e. The molecule has 21 heavy (non-hydrogen) atoms. The minimum atomic E-state index is -0.0840. The summed E-state index contributed by atoms with van der Waals surface area (Å²) in [4.78, 5) is 5.06. The molecule has 2 atom stereocenters. The van der Waals surface area contributed by atoms with E-state index < -0.39 is 0 Å². The van der Waals surface area contributed by atoms with Crippen LogP contribution in [0.1, 0.15) is 24.8 Å². The molecule has 1 N–H and O–H groups in total. The molecule has 1 aliphatic heterocycles. The number of hydrogen-bond donors (Lipinski definition) is 1. The number of benzene rings is 1. The lowest BCUT2D eigenvalue weighted by Gasteiger charge is -2.39. The fourth-order valence-electron chi connectivity index (χ4n) is 3.60. The van der Waals surface area contributed by atoms with Crippen molar-refractivity contribution in [2.24, 2.45) is 0 Å². The highest BCUT2D eigenvalue weighted by Crippen LogP contribution is 2.25. The summed E-state index contributed by atoms with van der Waals surface area (Å²) < 4.78 is 1.15. The van der Waals surface area contributed by atoms with Gasteiger partial charge in [-0.25, -0.2) is 0 Å². The zero-order valence-corrected chi connectivity index (χ0v) is 14.1. The van der Waals surface area contributed by atoms with Crippen molar-refractivity contribution in [3.63, 3.8) is 0 Å². The van der Waals surface area contributed by atoms with Crippen LogP contribution in [-0.2, 0) is 6.42 Å². The maximum atomic E-state index is 10.0. The van der Waals surface area contributed by atoms with Gasteiger partial charge in [0.05, 0.1) is 6.10 Å². The van der Waals surface area contributed by atoms with Gasteiger partial charge in [-0.15, -0.1) is 0 Å². The number of halogens is 1. The van der Waals surface area contributed by atoms with Crippen molar-refractivity contribution >= 4 is 15.9 Å². The van der Waals surface area contributed by atoms with E-state index in [1.807, 2.05) is 0 Å². The minimum Gasteiger partial charge on any atom is -0.391 e. The molecule has 0 unspecified atom stereocenters. The van der Waals surface area contributed by atoms with Crippen LogP contribution in [0.15, 0.2) is 28.7 Å². The van der Waals surface area contributed by atoms with Crippen LogP contribution in [0.25, 0.3) is 0 Å². The predicted molar refractivity (Wildman–Crippen MR) is 89.5 cm³/mol. The Balaban J connectivity index is 1.42. The van der Waals surface area contributed by atoms with E-state index in [0.717, 1.165) is 50.0 Å². The number of aliphatic hydroxyl groups is 1. The fraction of sp³-hybridized carbons (Fsp3) is 0.647. The second-order valence-electron chi connectivity index (χ2n) is 6.32. The summed E-state index contributed by atoms with van der Waals surface area (Å²) in [6, 6.07) is 9.08. The van der Waals surface area contributed by atoms with Gasteiger partial charge in [0, 0.05) is 43.2 Å². The van der Waals surface area contributed by atoms with Crippen molar-refractivity contribution in [3.05, 3.63) is 34.3 Å². The van der Waals surface area contributed by atoms with Crippen LogP contribution in [0.3, 0.4) is 0 Å². The summed E-state index contributed by atoms with van der Waals surface area (Å²) >= 11 is 3.48. The highest BCUT2D eigenvalue weighted by atomic mass is 79.9. The molecule has 3 rings (SSSR count). The lowest BCUT2D eigenvalue weighted by atomic mass is 10.1. The molecule has 1 saturated heterocycles. The van der Waals surface area contributed by atoms with Crippen molar-refractivity contribution in [2.45, 2.75) is 37.8 Å². The number of piperazine rings is 1. The zero-order valence-electron chi connectivity index (χ0n) is 12.5. The molecule has 1 aromatic carbocycles. The molecule has 2 aliphatic rings. The third kappa shape index (κ3) is 4.07. The highest BCUT2D eigenvalue weighted by molar-refractivity contribution is 9.10. The SMILES string of the molecule is O[C@H]1CCC[C@@H]1N1CCN(CCc2ccc(Br)cc2)CC1. The third-order valence-electron chi connectivity index (χ3n) is 4.95. The van der Waals surface area contributed by atoms with Gasteiger partial charge in [0.15, 0.2) is 0 Å². The predicted octanol–water partition coefficient (Wildman–Crippen LogP) is 2.52. The molecule has 0 aromatic heterocycles. The van der Waals surface area contributed by atoms with Gasteiger partial charge in [0.1, 0.15) is 0 Å². The molecule has 1 aromatic rings. The van der Waals surface area contributed by atoms with Crippen LogP contribution in [0.2, 0.25) is 0 Å². The van der Waals surface area contributed by atoms with Crippen molar-refractivity contribution in [1.29, 1.82) is 0 Å². The average Bonchev–Trinajstić information content (AvgIpc) is 2.93. The first kappa shape index (κ1) is 15.5. The molecule has 1 heterocycles. The van der Waals surface area contributed by atoms with Crippen LogP contribution in [-0.4, -0.2) is 59.8 Å². The lowest BCUT2D eigenvalue weighted by Crippen LogP contribution is -2.52. The first-order valence-corrected chi connectivity index (χ1v) is 8.90. The van der Waals surface area contributed by atoms with E-state index in [1.54, 1.807) is 0 Å². The molecule has 0 bridgehead atoms. The van der Waals surface area contributed by atoms with Gasteiger partial charge in [-0.2, -0.15) is 0 Å². The van der Waals surface area contributed by atoms with Gasteiger partial charge in [0.2, 0.25) is 0 Å². The molecule has 0 amide bonds. The van der Waals surface area contributed by atoms with Gasteiger partial charge in [0.25, 0.3) is 0 Å². The smallest absolute Gasteiger partial charge is 0.0695 e. The average molecular weight is 353 g/mol. The van der Waals surface area contributed by atoms with E-state index >= 15 is 0 Å². The summed E-state index contributed by atoms with van der Waals surface area (Å²) in [6.45, 7) is 5.65. The second-order valence-corrected chi connectivity index (χ2v) is 7.24. The standard InChI is InChI=1S/C17H25BrN2O/c18-15-6-4-14(5-7-15)8-9-19-10-12-20(13-11-19)16-2-1-3-17(16)21/h4-7,16-17,21H,1-3,8-13H2/t16-,17-/m0/s1. The quantitative estimate of drug-likeness (QED) is 0.901. The summed E-state index contributed by atoms with van der Waals surface area (Å²) in [7, 11) is 0. The Bertz CT molecular complexity index is 443. The van der Waals surface area contributed by atoms with Crippen LogP contribution in [0, 0.1) is 0 Å². The van der Waals surface area contributed by atoms with Crippen molar-refractivity contribution in [3.8, 4) is 0 Å². The summed E-state index contributed by atoms with van der Waals surface area (Å²) in [6.07, 6.45) is 4.41. The maximum absolute atomic E-state index is 10.0. The number of rotatable bonds is 4. The van der Waals surface area contributed by atoms with Crippen molar-refractivity contribution in [1.82, 2.24) is 9.80 Å². The van der Waals surface area contributed by atoms with Crippen molar-refractivity contribution in [2.75, 3.05) is 32.7 Å². The van der Waals surface area contributed by atoms with E-state index in [2.05, 4.69) is 50.0 Å². The third-order valence-corrected chi connectivity index (χ3v) is 5.48. The molecule has 0 spiro atoms. The number of nitrogens with zero attached hydrogens (tertiary/aromatic N) is 2. The molecule has 3 nitrogen and oxygen atoms in total. The molecule has 1 aliphatic carbocycles. The molecule has 1 saturated carbocycles. The summed E-state index contributed by atoms with van der Waals surface area (Å²) in [5.41, 5.74) is 1.41. The zero-order chi connectivity index (χ0) is 14.7.